The number of para-hydroxylation sites is 1. The highest BCUT2D eigenvalue weighted by Crippen LogP contribution is 2.33. The Bertz CT molecular complexity index is 350. The predicted molar refractivity (Wildman–Crippen MR) is 76.8 cm³/mol. The smallest absolute Gasteiger partial charge is 0.143 e. The van der Waals surface area contributed by atoms with Crippen LogP contribution in [0, 0.1) is 5.92 Å². The van der Waals surface area contributed by atoms with E-state index in [9.17, 15) is 0 Å². The van der Waals surface area contributed by atoms with Gasteiger partial charge in [0.25, 0.3) is 0 Å². The predicted octanol–water partition coefficient (Wildman–Crippen LogP) is 4.19. The van der Waals surface area contributed by atoms with E-state index < -0.39 is 0 Å². The molecular formula is C14H23NOS. The number of hydrogen-bond donors (Lipinski definition) is 1. The second-order valence-corrected chi connectivity index (χ2v) is 6.00. The molecule has 0 aromatic heterocycles. The fourth-order valence-electron chi connectivity index (χ4n) is 1.41. The Kier molecular flexibility index (Phi) is 5.69. The van der Waals surface area contributed by atoms with Gasteiger partial charge in [-0.1, -0.05) is 19.9 Å². The highest BCUT2D eigenvalue weighted by atomic mass is 32.2. The summed E-state index contributed by atoms with van der Waals surface area (Å²) in [7, 11) is 0. The van der Waals surface area contributed by atoms with E-state index in [2.05, 4.69) is 19.9 Å². The first-order valence-corrected chi connectivity index (χ1v) is 7.17. The molecule has 0 spiro atoms. The summed E-state index contributed by atoms with van der Waals surface area (Å²) in [5.41, 5.74) is 6.88. The molecule has 3 heteroatoms. The lowest BCUT2D eigenvalue weighted by molar-refractivity contribution is 0.243. The second kappa shape index (κ2) is 6.80. The summed E-state index contributed by atoms with van der Waals surface area (Å²) < 4.78 is 5.67. The van der Waals surface area contributed by atoms with Gasteiger partial charge in [0.15, 0.2) is 0 Å². The summed E-state index contributed by atoms with van der Waals surface area (Å²) in [6.07, 6.45) is 1.37. The molecule has 96 valence electrons. The molecule has 0 fully saturated rings. The van der Waals surface area contributed by atoms with Gasteiger partial charge in [0, 0.05) is 4.90 Å². The molecule has 2 N–H and O–H groups in total. The first-order chi connectivity index (χ1) is 8.00. The summed E-state index contributed by atoms with van der Waals surface area (Å²) in [6.45, 7) is 8.50. The highest BCUT2D eigenvalue weighted by Gasteiger charge is 2.08. The van der Waals surface area contributed by atoms with Crippen molar-refractivity contribution < 1.29 is 4.74 Å². The minimum atomic E-state index is 0.160. The van der Waals surface area contributed by atoms with E-state index in [1.165, 1.54) is 6.42 Å². The molecule has 1 rings (SSSR count). The van der Waals surface area contributed by atoms with E-state index in [1.54, 1.807) is 0 Å². The lowest BCUT2D eigenvalue weighted by Crippen LogP contribution is -2.07. The van der Waals surface area contributed by atoms with Gasteiger partial charge >= 0.3 is 0 Å². The van der Waals surface area contributed by atoms with Crippen LogP contribution in [0.15, 0.2) is 23.1 Å². The van der Waals surface area contributed by atoms with Crippen LogP contribution in [0.25, 0.3) is 0 Å². The first kappa shape index (κ1) is 14.2. The fourth-order valence-corrected chi connectivity index (χ4v) is 2.65. The standard InChI is InChI=1S/C14H23NOS/c1-10(2)8-9-17-13-7-5-6-12(14(13)15)16-11(3)4/h5-7,10-11H,8-9,15H2,1-4H3. The summed E-state index contributed by atoms with van der Waals surface area (Å²) in [4.78, 5) is 1.13. The van der Waals surface area contributed by atoms with Crippen LogP contribution in [0.2, 0.25) is 0 Å². The monoisotopic (exact) mass is 253 g/mol. The zero-order valence-electron chi connectivity index (χ0n) is 11.2. The van der Waals surface area contributed by atoms with Crippen LogP contribution in [-0.2, 0) is 0 Å². The van der Waals surface area contributed by atoms with Gasteiger partial charge in [0.05, 0.1) is 11.8 Å². The molecule has 0 bridgehead atoms. The Labute approximate surface area is 109 Å². The molecule has 0 radical (unpaired) electrons. The fraction of sp³-hybridized carbons (Fsp3) is 0.571. The quantitative estimate of drug-likeness (QED) is 0.610. The summed E-state index contributed by atoms with van der Waals surface area (Å²) in [5, 5.41) is 0. The van der Waals surface area contributed by atoms with Gasteiger partial charge in [0.1, 0.15) is 5.75 Å². The molecule has 0 heterocycles. The van der Waals surface area contributed by atoms with E-state index in [0.717, 1.165) is 28.0 Å². The van der Waals surface area contributed by atoms with Crippen LogP contribution < -0.4 is 10.5 Å². The molecule has 0 aliphatic rings. The largest absolute Gasteiger partial charge is 0.489 e. The first-order valence-electron chi connectivity index (χ1n) is 6.18. The van der Waals surface area contributed by atoms with Crippen molar-refractivity contribution in [3.05, 3.63) is 18.2 Å². The number of anilines is 1. The molecule has 0 aliphatic heterocycles. The van der Waals surface area contributed by atoms with Gasteiger partial charge in [-0.25, -0.2) is 0 Å². The number of ether oxygens (including phenoxy) is 1. The Morgan fingerprint density at radius 3 is 2.53 bits per heavy atom. The number of thioether (sulfide) groups is 1. The van der Waals surface area contributed by atoms with Crippen LogP contribution in [-0.4, -0.2) is 11.9 Å². The van der Waals surface area contributed by atoms with Gasteiger partial charge in [-0.2, -0.15) is 0 Å². The molecule has 0 aliphatic carbocycles. The van der Waals surface area contributed by atoms with Crippen molar-refractivity contribution in [3.8, 4) is 5.75 Å². The summed E-state index contributed by atoms with van der Waals surface area (Å²) in [5.74, 6) is 2.64. The van der Waals surface area contributed by atoms with Crippen molar-refractivity contribution in [1.82, 2.24) is 0 Å². The minimum Gasteiger partial charge on any atom is -0.489 e. The van der Waals surface area contributed by atoms with Gasteiger partial charge in [-0.15, -0.1) is 11.8 Å². The Morgan fingerprint density at radius 1 is 1.24 bits per heavy atom. The van der Waals surface area contributed by atoms with Gasteiger partial charge < -0.3 is 10.5 Å². The third kappa shape index (κ3) is 4.90. The Hall–Kier alpha value is -0.830. The molecule has 0 atom stereocenters. The van der Waals surface area contributed by atoms with Crippen molar-refractivity contribution in [2.45, 2.75) is 45.1 Å². The summed E-state index contributed by atoms with van der Waals surface area (Å²) >= 11 is 1.81. The van der Waals surface area contributed by atoms with Crippen LogP contribution >= 0.6 is 11.8 Å². The van der Waals surface area contributed by atoms with E-state index >= 15 is 0 Å². The molecule has 2 nitrogen and oxygen atoms in total. The molecule has 0 amide bonds. The molecule has 1 aromatic carbocycles. The number of hydrogen-bond acceptors (Lipinski definition) is 3. The van der Waals surface area contributed by atoms with E-state index in [0.29, 0.717) is 0 Å². The molecule has 0 saturated heterocycles. The third-order valence-electron chi connectivity index (χ3n) is 2.34. The second-order valence-electron chi connectivity index (χ2n) is 4.87. The topological polar surface area (TPSA) is 35.2 Å². The van der Waals surface area contributed by atoms with E-state index in [1.807, 2.05) is 37.7 Å². The van der Waals surface area contributed by atoms with Crippen LogP contribution in [0.5, 0.6) is 5.75 Å². The van der Waals surface area contributed by atoms with Crippen molar-refractivity contribution in [3.63, 3.8) is 0 Å². The zero-order chi connectivity index (χ0) is 12.8. The van der Waals surface area contributed by atoms with E-state index in [-0.39, 0.29) is 6.10 Å². The normalized spacial score (nSPS) is 11.2. The molecule has 0 saturated carbocycles. The highest BCUT2D eigenvalue weighted by molar-refractivity contribution is 7.99. The molecule has 1 aromatic rings. The van der Waals surface area contributed by atoms with Gasteiger partial charge in [-0.3, -0.25) is 0 Å². The maximum absolute atomic E-state index is 6.10. The molecule has 17 heavy (non-hydrogen) atoms. The van der Waals surface area contributed by atoms with Crippen molar-refractivity contribution in [2.24, 2.45) is 5.92 Å². The van der Waals surface area contributed by atoms with Crippen molar-refractivity contribution in [1.29, 1.82) is 0 Å². The zero-order valence-corrected chi connectivity index (χ0v) is 12.0. The maximum atomic E-state index is 6.10. The molecule has 0 unspecified atom stereocenters. The molecular weight excluding hydrogens is 230 g/mol. The summed E-state index contributed by atoms with van der Waals surface area (Å²) in [6, 6.07) is 6.00. The lowest BCUT2D eigenvalue weighted by atomic mass is 10.2. The third-order valence-corrected chi connectivity index (χ3v) is 3.45. The van der Waals surface area contributed by atoms with Gasteiger partial charge in [0.2, 0.25) is 0 Å². The van der Waals surface area contributed by atoms with Crippen LogP contribution in [0.1, 0.15) is 34.1 Å². The van der Waals surface area contributed by atoms with E-state index in [4.69, 9.17) is 10.5 Å². The van der Waals surface area contributed by atoms with Crippen LogP contribution in [0.4, 0.5) is 5.69 Å². The SMILES string of the molecule is CC(C)CCSc1cccc(OC(C)C)c1N. The minimum absolute atomic E-state index is 0.160. The number of rotatable bonds is 6. The van der Waals surface area contributed by atoms with Crippen LogP contribution in [0.3, 0.4) is 0 Å². The average Bonchev–Trinajstić information content (AvgIpc) is 2.22. The number of nitrogen functional groups attached to an aromatic ring is 1. The van der Waals surface area contributed by atoms with Crippen molar-refractivity contribution >= 4 is 17.4 Å². The maximum Gasteiger partial charge on any atom is 0.143 e. The lowest BCUT2D eigenvalue weighted by Gasteiger charge is -2.14. The number of benzene rings is 1. The average molecular weight is 253 g/mol. The Balaban J connectivity index is 2.66. The number of nitrogens with two attached hydrogens (primary N) is 1. The Morgan fingerprint density at radius 2 is 1.94 bits per heavy atom. The van der Waals surface area contributed by atoms with Gasteiger partial charge in [-0.05, 0) is 44.1 Å². The van der Waals surface area contributed by atoms with Crippen molar-refractivity contribution in [2.75, 3.05) is 11.5 Å².